The average Bonchev–Trinajstić information content (AvgIpc) is 2.52. The molecule has 2 aromatic carbocycles. The first kappa shape index (κ1) is 14.6. The zero-order valence-electron chi connectivity index (χ0n) is 11.8. The van der Waals surface area contributed by atoms with Gasteiger partial charge in [-0.15, -0.1) is 0 Å². The zero-order valence-corrected chi connectivity index (χ0v) is 11.8. The monoisotopic (exact) mass is 271 g/mol. The summed E-state index contributed by atoms with van der Waals surface area (Å²) < 4.78 is 5.19. The molecule has 2 aromatic rings. The molecule has 0 spiro atoms. The maximum atomic E-state index is 9.03. The first-order valence-corrected chi connectivity index (χ1v) is 6.85. The minimum Gasteiger partial charge on any atom is -0.497 e. The van der Waals surface area contributed by atoms with Gasteiger partial charge in [0, 0.05) is 12.6 Å². The van der Waals surface area contributed by atoms with Crippen LogP contribution in [-0.2, 0) is 6.42 Å². The van der Waals surface area contributed by atoms with E-state index in [4.69, 9.17) is 9.84 Å². The summed E-state index contributed by atoms with van der Waals surface area (Å²) in [7, 11) is 1.67. The van der Waals surface area contributed by atoms with Crippen molar-refractivity contribution in [3.05, 3.63) is 65.7 Å². The lowest BCUT2D eigenvalue weighted by Gasteiger charge is -2.19. The molecule has 0 saturated carbocycles. The van der Waals surface area contributed by atoms with Crippen molar-refractivity contribution in [3.8, 4) is 5.75 Å². The Labute approximate surface area is 120 Å². The summed E-state index contributed by atoms with van der Waals surface area (Å²) in [4.78, 5) is 0. The van der Waals surface area contributed by atoms with Gasteiger partial charge in [-0.3, -0.25) is 0 Å². The van der Waals surface area contributed by atoms with E-state index in [1.165, 1.54) is 11.1 Å². The van der Waals surface area contributed by atoms with Crippen LogP contribution in [0.1, 0.15) is 17.2 Å². The number of aliphatic hydroxyl groups excluding tert-OH is 1. The summed E-state index contributed by atoms with van der Waals surface area (Å²) in [6, 6.07) is 18.6. The molecule has 0 radical (unpaired) electrons. The van der Waals surface area contributed by atoms with E-state index in [0.29, 0.717) is 6.54 Å². The molecule has 0 amide bonds. The summed E-state index contributed by atoms with van der Waals surface area (Å²) in [6.45, 7) is 0.727. The van der Waals surface area contributed by atoms with Gasteiger partial charge in [0.05, 0.1) is 13.7 Å². The van der Waals surface area contributed by atoms with Gasteiger partial charge in [-0.2, -0.15) is 0 Å². The van der Waals surface area contributed by atoms with Gasteiger partial charge in [0.2, 0.25) is 0 Å². The fraction of sp³-hybridized carbons (Fsp3) is 0.294. The number of ether oxygens (including phenoxy) is 1. The van der Waals surface area contributed by atoms with E-state index in [1.807, 2.05) is 30.3 Å². The van der Waals surface area contributed by atoms with E-state index in [0.717, 1.165) is 12.2 Å². The van der Waals surface area contributed by atoms with Gasteiger partial charge in [-0.05, 0) is 29.7 Å². The van der Waals surface area contributed by atoms with Crippen LogP contribution in [0.25, 0.3) is 0 Å². The SMILES string of the molecule is COc1ccc([C@@H](Cc2ccccc2)NCCO)cc1. The Morgan fingerprint density at radius 1 is 1.05 bits per heavy atom. The van der Waals surface area contributed by atoms with Gasteiger partial charge in [-0.1, -0.05) is 42.5 Å². The molecule has 0 heterocycles. The second-order valence-corrected chi connectivity index (χ2v) is 4.69. The van der Waals surface area contributed by atoms with E-state index in [9.17, 15) is 0 Å². The smallest absolute Gasteiger partial charge is 0.118 e. The summed E-state index contributed by atoms with van der Waals surface area (Å²) in [5, 5.41) is 12.4. The van der Waals surface area contributed by atoms with Crippen LogP contribution < -0.4 is 10.1 Å². The van der Waals surface area contributed by atoms with Crippen LogP contribution in [0.2, 0.25) is 0 Å². The Kier molecular flexibility index (Phi) is 5.59. The Morgan fingerprint density at radius 2 is 1.75 bits per heavy atom. The largest absolute Gasteiger partial charge is 0.497 e. The van der Waals surface area contributed by atoms with Crippen LogP contribution in [0.3, 0.4) is 0 Å². The number of rotatable bonds is 7. The number of benzene rings is 2. The van der Waals surface area contributed by atoms with Crippen molar-refractivity contribution in [1.82, 2.24) is 5.32 Å². The molecule has 106 valence electrons. The predicted octanol–water partition coefficient (Wildman–Crippen LogP) is 2.56. The maximum absolute atomic E-state index is 9.03. The topological polar surface area (TPSA) is 41.5 Å². The normalized spacial score (nSPS) is 12.1. The molecule has 0 fully saturated rings. The molecule has 3 nitrogen and oxygen atoms in total. The van der Waals surface area contributed by atoms with E-state index in [-0.39, 0.29) is 12.6 Å². The third kappa shape index (κ3) is 4.08. The van der Waals surface area contributed by atoms with Gasteiger partial charge in [-0.25, -0.2) is 0 Å². The van der Waals surface area contributed by atoms with E-state index in [2.05, 4.69) is 29.6 Å². The molecular formula is C17H21NO2. The molecule has 2 N–H and O–H groups in total. The van der Waals surface area contributed by atoms with Crippen LogP contribution in [0, 0.1) is 0 Å². The Balaban J connectivity index is 2.13. The lowest BCUT2D eigenvalue weighted by Crippen LogP contribution is -2.26. The van der Waals surface area contributed by atoms with Crippen molar-refractivity contribution in [2.24, 2.45) is 0 Å². The highest BCUT2D eigenvalue weighted by atomic mass is 16.5. The third-order valence-corrected chi connectivity index (χ3v) is 3.30. The lowest BCUT2D eigenvalue weighted by molar-refractivity contribution is 0.284. The molecule has 0 saturated heterocycles. The predicted molar refractivity (Wildman–Crippen MR) is 81.0 cm³/mol. The maximum Gasteiger partial charge on any atom is 0.118 e. The average molecular weight is 271 g/mol. The third-order valence-electron chi connectivity index (χ3n) is 3.30. The van der Waals surface area contributed by atoms with Gasteiger partial charge < -0.3 is 15.2 Å². The highest BCUT2D eigenvalue weighted by molar-refractivity contribution is 5.30. The first-order chi connectivity index (χ1) is 9.83. The minimum absolute atomic E-state index is 0.140. The summed E-state index contributed by atoms with van der Waals surface area (Å²) in [6.07, 6.45) is 0.896. The van der Waals surface area contributed by atoms with Crippen molar-refractivity contribution < 1.29 is 9.84 Å². The fourth-order valence-corrected chi connectivity index (χ4v) is 2.23. The van der Waals surface area contributed by atoms with Gasteiger partial charge in [0.1, 0.15) is 5.75 Å². The second-order valence-electron chi connectivity index (χ2n) is 4.69. The standard InChI is InChI=1S/C17H21NO2/c1-20-16-9-7-15(8-10-16)17(18-11-12-19)13-14-5-3-2-4-6-14/h2-10,17-19H,11-13H2,1H3/t17-/m1/s1. The fourth-order valence-electron chi connectivity index (χ4n) is 2.23. The quantitative estimate of drug-likeness (QED) is 0.813. The molecule has 2 rings (SSSR count). The second kappa shape index (κ2) is 7.68. The minimum atomic E-state index is 0.140. The summed E-state index contributed by atoms with van der Waals surface area (Å²) in [5.74, 6) is 0.856. The number of hydrogen-bond donors (Lipinski definition) is 2. The number of hydrogen-bond acceptors (Lipinski definition) is 3. The summed E-state index contributed by atoms with van der Waals surface area (Å²) in [5.41, 5.74) is 2.47. The van der Waals surface area contributed by atoms with Gasteiger partial charge in [0.25, 0.3) is 0 Å². The van der Waals surface area contributed by atoms with Gasteiger partial charge >= 0.3 is 0 Å². The van der Waals surface area contributed by atoms with Crippen LogP contribution in [-0.4, -0.2) is 25.4 Å². The van der Waals surface area contributed by atoms with Crippen LogP contribution in [0.5, 0.6) is 5.75 Å². The lowest BCUT2D eigenvalue weighted by atomic mass is 9.99. The highest BCUT2D eigenvalue weighted by Crippen LogP contribution is 2.21. The van der Waals surface area contributed by atoms with E-state index >= 15 is 0 Å². The molecule has 20 heavy (non-hydrogen) atoms. The van der Waals surface area contributed by atoms with E-state index in [1.54, 1.807) is 7.11 Å². The van der Waals surface area contributed by atoms with Crippen molar-refractivity contribution in [1.29, 1.82) is 0 Å². The van der Waals surface area contributed by atoms with Gasteiger partial charge in [0.15, 0.2) is 0 Å². The number of nitrogens with one attached hydrogen (secondary N) is 1. The molecule has 0 unspecified atom stereocenters. The molecular weight excluding hydrogens is 250 g/mol. The number of aliphatic hydroxyl groups is 1. The molecule has 0 bridgehead atoms. The molecule has 0 aliphatic rings. The molecule has 0 aromatic heterocycles. The van der Waals surface area contributed by atoms with Crippen molar-refractivity contribution >= 4 is 0 Å². The van der Waals surface area contributed by atoms with Crippen molar-refractivity contribution in [3.63, 3.8) is 0 Å². The van der Waals surface area contributed by atoms with Crippen LogP contribution >= 0.6 is 0 Å². The van der Waals surface area contributed by atoms with Crippen LogP contribution in [0.4, 0.5) is 0 Å². The first-order valence-electron chi connectivity index (χ1n) is 6.85. The zero-order chi connectivity index (χ0) is 14.2. The number of methoxy groups -OCH3 is 1. The molecule has 0 aliphatic carbocycles. The Morgan fingerprint density at radius 3 is 2.35 bits per heavy atom. The molecule has 3 heteroatoms. The van der Waals surface area contributed by atoms with Crippen LogP contribution in [0.15, 0.2) is 54.6 Å². The molecule has 1 atom stereocenters. The Hall–Kier alpha value is -1.84. The Bertz CT molecular complexity index is 496. The van der Waals surface area contributed by atoms with Crippen molar-refractivity contribution in [2.75, 3.05) is 20.3 Å². The highest BCUT2D eigenvalue weighted by Gasteiger charge is 2.11. The summed E-state index contributed by atoms with van der Waals surface area (Å²) >= 11 is 0. The van der Waals surface area contributed by atoms with E-state index < -0.39 is 0 Å². The van der Waals surface area contributed by atoms with Crippen molar-refractivity contribution in [2.45, 2.75) is 12.5 Å². The molecule has 0 aliphatic heterocycles.